The van der Waals surface area contributed by atoms with Gasteiger partial charge in [-0.15, -0.1) is 11.6 Å². The highest BCUT2D eigenvalue weighted by atomic mass is 35.5. The number of hydrogen-bond acceptors (Lipinski definition) is 4. The summed E-state index contributed by atoms with van der Waals surface area (Å²) in [4.78, 5) is 25.4. The molecular weight excluding hydrogens is 424 g/mol. The van der Waals surface area contributed by atoms with Crippen LogP contribution in [0.4, 0.5) is 0 Å². The molecule has 0 radical (unpaired) electrons. The summed E-state index contributed by atoms with van der Waals surface area (Å²) in [6.45, 7) is 6.04. The fourth-order valence-electron chi connectivity index (χ4n) is 3.50. The zero-order chi connectivity index (χ0) is 23.3. The third-order valence-electron chi connectivity index (χ3n) is 5.50. The maximum atomic E-state index is 13.0. The molecule has 0 bridgehead atoms. The molecule has 0 amide bonds. The molecule has 1 atom stereocenters. The van der Waals surface area contributed by atoms with Crippen molar-refractivity contribution < 1.29 is 19.1 Å². The Morgan fingerprint density at radius 1 is 0.938 bits per heavy atom. The molecule has 0 aliphatic heterocycles. The second kappa shape index (κ2) is 13.9. The first-order valence-corrected chi connectivity index (χ1v) is 12.1. The van der Waals surface area contributed by atoms with E-state index in [0.29, 0.717) is 29.7 Å². The molecule has 2 aromatic carbocycles. The first-order chi connectivity index (χ1) is 15.5. The molecule has 0 heterocycles. The molecule has 0 saturated heterocycles. The zero-order valence-electron chi connectivity index (χ0n) is 19.5. The van der Waals surface area contributed by atoms with Gasteiger partial charge in [-0.25, -0.2) is 4.79 Å². The summed E-state index contributed by atoms with van der Waals surface area (Å²) in [6.07, 6.45) is 7.70. The first kappa shape index (κ1) is 25.9. The van der Waals surface area contributed by atoms with Crippen molar-refractivity contribution in [1.29, 1.82) is 0 Å². The molecule has 0 saturated carbocycles. The van der Waals surface area contributed by atoms with Crippen LogP contribution in [0.15, 0.2) is 42.5 Å². The number of rotatable bonds is 13. The van der Waals surface area contributed by atoms with Gasteiger partial charge in [-0.1, -0.05) is 76.3 Å². The van der Waals surface area contributed by atoms with Crippen LogP contribution in [0.25, 0.3) is 11.1 Å². The number of halogens is 1. The van der Waals surface area contributed by atoms with Crippen LogP contribution >= 0.6 is 11.6 Å². The summed E-state index contributed by atoms with van der Waals surface area (Å²) < 4.78 is 11.1. The predicted octanol–water partition coefficient (Wildman–Crippen LogP) is 7.49. The fraction of sp³-hybridized carbons (Fsp3) is 0.481. The summed E-state index contributed by atoms with van der Waals surface area (Å²) in [5.41, 5.74) is 2.63. The molecule has 1 unspecified atom stereocenters. The van der Waals surface area contributed by atoms with E-state index in [4.69, 9.17) is 21.1 Å². The topological polar surface area (TPSA) is 52.6 Å². The van der Waals surface area contributed by atoms with Crippen LogP contribution < -0.4 is 4.74 Å². The minimum Gasteiger partial charge on any atom is -0.461 e. The Bertz CT molecular complexity index is 863. The van der Waals surface area contributed by atoms with Crippen LogP contribution in [0.3, 0.4) is 0 Å². The van der Waals surface area contributed by atoms with Crippen LogP contribution in [0.5, 0.6) is 5.75 Å². The largest absolute Gasteiger partial charge is 0.461 e. The Balaban J connectivity index is 2.17. The van der Waals surface area contributed by atoms with Crippen LogP contribution in [0.2, 0.25) is 0 Å². The van der Waals surface area contributed by atoms with E-state index < -0.39 is 5.97 Å². The van der Waals surface area contributed by atoms with Gasteiger partial charge in [-0.3, -0.25) is 4.79 Å². The van der Waals surface area contributed by atoms with Crippen molar-refractivity contribution in [3.8, 4) is 16.9 Å². The lowest BCUT2D eigenvalue weighted by Crippen LogP contribution is -2.16. The van der Waals surface area contributed by atoms with Crippen molar-refractivity contribution in [1.82, 2.24) is 0 Å². The van der Waals surface area contributed by atoms with E-state index in [1.54, 1.807) is 13.0 Å². The van der Waals surface area contributed by atoms with E-state index in [-0.39, 0.29) is 18.0 Å². The van der Waals surface area contributed by atoms with Gasteiger partial charge < -0.3 is 9.47 Å². The summed E-state index contributed by atoms with van der Waals surface area (Å²) in [5.74, 6) is -0.345. The van der Waals surface area contributed by atoms with Crippen molar-refractivity contribution >= 4 is 23.5 Å². The number of unbranched alkanes of at least 4 members (excludes halogenated alkanes) is 5. The Labute approximate surface area is 197 Å². The quantitative estimate of drug-likeness (QED) is 0.135. The van der Waals surface area contributed by atoms with Crippen molar-refractivity contribution in [2.24, 2.45) is 0 Å². The van der Waals surface area contributed by atoms with Gasteiger partial charge in [0.25, 0.3) is 0 Å². The number of benzene rings is 2. The van der Waals surface area contributed by atoms with E-state index in [1.807, 2.05) is 43.3 Å². The predicted molar refractivity (Wildman–Crippen MR) is 130 cm³/mol. The van der Waals surface area contributed by atoms with Gasteiger partial charge in [0, 0.05) is 12.0 Å². The molecule has 2 rings (SSSR count). The molecule has 0 spiro atoms. The molecular formula is C27H35ClO4. The van der Waals surface area contributed by atoms with Gasteiger partial charge in [0.15, 0.2) is 0 Å². The third kappa shape index (κ3) is 7.98. The van der Waals surface area contributed by atoms with Gasteiger partial charge in [0.2, 0.25) is 0 Å². The van der Waals surface area contributed by atoms with Crippen molar-refractivity contribution in [3.05, 3.63) is 53.6 Å². The molecule has 2 aromatic rings. The highest BCUT2D eigenvalue weighted by molar-refractivity contribution is 6.20. The number of ether oxygens (including phenoxy) is 2. The van der Waals surface area contributed by atoms with Crippen LogP contribution in [-0.2, 0) is 9.53 Å². The monoisotopic (exact) mass is 458 g/mol. The number of carbonyl (C=O) groups is 2. The third-order valence-corrected chi connectivity index (χ3v) is 5.94. The van der Waals surface area contributed by atoms with Crippen molar-refractivity contribution in [2.75, 3.05) is 6.61 Å². The fourth-order valence-corrected chi connectivity index (χ4v) is 3.57. The van der Waals surface area contributed by atoms with E-state index in [1.165, 1.54) is 19.3 Å². The number of carbonyl (C=O) groups excluding carboxylic acids is 2. The van der Waals surface area contributed by atoms with E-state index in [9.17, 15) is 9.59 Å². The molecule has 0 fully saturated rings. The maximum Gasteiger partial charge on any atom is 0.339 e. The number of hydrogen-bond donors (Lipinski definition) is 0. The molecule has 0 aliphatic carbocycles. The molecule has 32 heavy (non-hydrogen) atoms. The molecule has 4 nitrogen and oxygen atoms in total. The highest BCUT2D eigenvalue weighted by Gasteiger charge is 2.22. The van der Waals surface area contributed by atoms with E-state index in [0.717, 1.165) is 30.4 Å². The van der Waals surface area contributed by atoms with E-state index in [2.05, 4.69) is 6.92 Å². The number of alkyl halides is 1. The zero-order valence-corrected chi connectivity index (χ0v) is 20.2. The molecule has 174 valence electrons. The van der Waals surface area contributed by atoms with Crippen molar-refractivity contribution in [2.45, 2.75) is 77.5 Å². The standard InChI is InChI=1S/C27H35ClO4/c1-4-6-7-8-9-13-16-25(29)32-24-18-17-23(21-14-11-10-12-15-21)26(20(24)3)27(30)31-19-22(28)5-2/h10-12,14-15,17-18,22H,4-9,13,16,19H2,1-3H3. The van der Waals surface area contributed by atoms with Crippen LogP contribution in [-0.4, -0.2) is 23.9 Å². The average Bonchev–Trinajstić information content (AvgIpc) is 2.81. The van der Waals surface area contributed by atoms with Crippen LogP contribution in [0, 0.1) is 6.92 Å². The summed E-state index contributed by atoms with van der Waals surface area (Å²) >= 11 is 6.14. The lowest BCUT2D eigenvalue weighted by molar-refractivity contribution is -0.134. The summed E-state index contributed by atoms with van der Waals surface area (Å²) in [7, 11) is 0. The van der Waals surface area contributed by atoms with Gasteiger partial charge in [-0.2, -0.15) is 0 Å². The van der Waals surface area contributed by atoms with Gasteiger partial charge >= 0.3 is 11.9 Å². The Morgan fingerprint density at radius 3 is 2.31 bits per heavy atom. The summed E-state index contributed by atoms with van der Waals surface area (Å²) in [6, 6.07) is 13.2. The average molecular weight is 459 g/mol. The SMILES string of the molecule is CCCCCCCCC(=O)Oc1ccc(-c2ccccc2)c(C(=O)OCC(Cl)CC)c1C. The smallest absolute Gasteiger partial charge is 0.339 e. The first-order valence-electron chi connectivity index (χ1n) is 11.7. The van der Waals surface area contributed by atoms with Crippen LogP contribution in [0.1, 0.15) is 81.1 Å². The second-order valence-corrected chi connectivity index (χ2v) is 8.69. The molecule has 0 N–H and O–H groups in total. The maximum absolute atomic E-state index is 13.0. The molecule has 5 heteroatoms. The van der Waals surface area contributed by atoms with Gasteiger partial charge in [0.1, 0.15) is 12.4 Å². The van der Waals surface area contributed by atoms with Crippen molar-refractivity contribution in [3.63, 3.8) is 0 Å². The van der Waals surface area contributed by atoms with Gasteiger partial charge in [0.05, 0.1) is 10.9 Å². The Kier molecular flexibility index (Phi) is 11.3. The number of esters is 2. The lowest BCUT2D eigenvalue weighted by Gasteiger charge is -2.17. The van der Waals surface area contributed by atoms with E-state index >= 15 is 0 Å². The van der Waals surface area contributed by atoms with Gasteiger partial charge in [-0.05, 0) is 43.0 Å². The minimum absolute atomic E-state index is 0.132. The Morgan fingerprint density at radius 2 is 1.62 bits per heavy atom. The lowest BCUT2D eigenvalue weighted by atomic mass is 9.95. The minimum atomic E-state index is -0.464. The molecule has 0 aromatic heterocycles. The highest BCUT2D eigenvalue weighted by Crippen LogP contribution is 2.33. The second-order valence-electron chi connectivity index (χ2n) is 8.07. The normalized spacial score (nSPS) is 11.8. The molecule has 0 aliphatic rings. The Hall–Kier alpha value is -2.33. The summed E-state index contributed by atoms with van der Waals surface area (Å²) in [5, 5.41) is -0.238.